The number of amides is 1. The second-order valence-corrected chi connectivity index (χ2v) is 8.39. The number of carbonyl (C=O) groups is 1. The van der Waals surface area contributed by atoms with Crippen LogP contribution in [-0.2, 0) is 6.54 Å². The van der Waals surface area contributed by atoms with Crippen molar-refractivity contribution in [2.24, 2.45) is 0 Å². The number of hydrogen-bond donors (Lipinski definition) is 0. The summed E-state index contributed by atoms with van der Waals surface area (Å²) in [6.07, 6.45) is 1.63. The third-order valence-corrected chi connectivity index (χ3v) is 5.97. The van der Waals surface area contributed by atoms with Crippen LogP contribution in [0.5, 0.6) is 5.75 Å². The largest absolute Gasteiger partial charge is 0.490 e. The normalized spacial score (nSPS) is 14.9. The van der Waals surface area contributed by atoms with Gasteiger partial charge in [0, 0.05) is 11.6 Å². The van der Waals surface area contributed by atoms with E-state index in [0.717, 1.165) is 0 Å². The average molecular weight is 476 g/mol. The highest BCUT2D eigenvalue weighted by Crippen LogP contribution is 2.40. The van der Waals surface area contributed by atoms with Crippen LogP contribution in [0, 0.1) is 5.82 Å². The average Bonchev–Trinajstić information content (AvgIpc) is 3.11. The maximum absolute atomic E-state index is 13.6. The van der Waals surface area contributed by atoms with Gasteiger partial charge in [0.2, 0.25) is 5.76 Å². The molecule has 0 bridgehead atoms. The molecule has 0 radical (unpaired) electrons. The molecule has 170 valence electrons. The number of benzene rings is 3. The van der Waals surface area contributed by atoms with Crippen LogP contribution in [0.4, 0.5) is 4.39 Å². The highest BCUT2D eigenvalue weighted by molar-refractivity contribution is 6.31. The van der Waals surface area contributed by atoms with Gasteiger partial charge in [-0.2, -0.15) is 0 Å². The van der Waals surface area contributed by atoms with Crippen LogP contribution in [0.15, 0.2) is 88.6 Å². The number of halogens is 2. The van der Waals surface area contributed by atoms with Gasteiger partial charge in [-0.1, -0.05) is 48.5 Å². The fourth-order valence-electron chi connectivity index (χ4n) is 4.22. The molecule has 1 aromatic heterocycles. The van der Waals surface area contributed by atoms with E-state index >= 15 is 0 Å². The molecule has 4 aromatic rings. The zero-order valence-corrected chi connectivity index (χ0v) is 18.7. The predicted molar refractivity (Wildman–Crippen MR) is 128 cm³/mol. The molecule has 1 aliphatic heterocycles. The molecular formula is C27H19ClFNO4. The van der Waals surface area contributed by atoms with Crippen molar-refractivity contribution in [3.05, 3.63) is 123 Å². The lowest BCUT2D eigenvalue weighted by molar-refractivity contribution is 0.0714. The van der Waals surface area contributed by atoms with E-state index in [9.17, 15) is 14.0 Å². The van der Waals surface area contributed by atoms with E-state index in [2.05, 4.69) is 6.58 Å². The molecule has 34 heavy (non-hydrogen) atoms. The maximum atomic E-state index is 13.6. The van der Waals surface area contributed by atoms with Gasteiger partial charge < -0.3 is 14.1 Å². The Bertz CT molecular complexity index is 1480. The summed E-state index contributed by atoms with van der Waals surface area (Å²) in [5.41, 5.74) is 1.60. The Morgan fingerprint density at radius 1 is 1.09 bits per heavy atom. The van der Waals surface area contributed by atoms with Gasteiger partial charge in [-0.3, -0.25) is 9.59 Å². The molecular weight excluding hydrogens is 457 g/mol. The lowest BCUT2D eigenvalue weighted by Crippen LogP contribution is -2.29. The number of carbonyl (C=O) groups excluding carboxylic acids is 1. The minimum absolute atomic E-state index is 0.00986. The van der Waals surface area contributed by atoms with Crippen LogP contribution >= 0.6 is 11.6 Å². The summed E-state index contributed by atoms with van der Waals surface area (Å²) in [4.78, 5) is 28.7. The third kappa shape index (κ3) is 3.86. The fraction of sp³-hybridized carbons (Fsp3) is 0.111. The summed E-state index contributed by atoms with van der Waals surface area (Å²) in [5, 5.41) is 0.690. The van der Waals surface area contributed by atoms with Crippen molar-refractivity contribution in [1.29, 1.82) is 0 Å². The number of nitrogens with zero attached hydrogens (tertiary/aromatic N) is 1. The molecule has 1 aliphatic rings. The molecule has 0 N–H and O–H groups in total. The molecule has 5 nitrogen and oxygen atoms in total. The van der Waals surface area contributed by atoms with Crippen molar-refractivity contribution in [2.45, 2.75) is 12.6 Å². The molecule has 3 aromatic carbocycles. The lowest BCUT2D eigenvalue weighted by Gasteiger charge is -2.25. The van der Waals surface area contributed by atoms with Crippen LogP contribution in [0.25, 0.3) is 11.0 Å². The number of fused-ring (bicyclic) bond motifs is 2. The van der Waals surface area contributed by atoms with E-state index in [-0.39, 0.29) is 34.7 Å². The molecule has 1 atom stereocenters. The standard InChI is InChI=1S/C27H19ClFNO4/c1-2-12-33-20-5-3-4-17(13-20)24-23-25(31)21-14-18(28)8-11-22(21)34-26(23)27(32)30(24)15-16-6-9-19(29)10-7-16/h2-11,13-14,24H,1,12,15H2. The number of rotatable bonds is 6. The van der Waals surface area contributed by atoms with Crippen LogP contribution in [0.2, 0.25) is 5.02 Å². The van der Waals surface area contributed by atoms with Gasteiger partial charge >= 0.3 is 0 Å². The molecule has 7 heteroatoms. The van der Waals surface area contributed by atoms with Crippen molar-refractivity contribution < 1.29 is 18.3 Å². The summed E-state index contributed by atoms with van der Waals surface area (Å²) >= 11 is 6.13. The van der Waals surface area contributed by atoms with Crippen molar-refractivity contribution >= 4 is 28.5 Å². The van der Waals surface area contributed by atoms with Crippen molar-refractivity contribution in [2.75, 3.05) is 6.61 Å². The van der Waals surface area contributed by atoms with Crippen molar-refractivity contribution in [3.8, 4) is 5.75 Å². The van der Waals surface area contributed by atoms with E-state index in [1.165, 1.54) is 18.2 Å². The Hall–Kier alpha value is -3.90. The Kier molecular flexibility index (Phi) is 5.67. The lowest BCUT2D eigenvalue weighted by atomic mass is 9.98. The zero-order chi connectivity index (χ0) is 23.8. The molecule has 0 spiro atoms. The Morgan fingerprint density at radius 3 is 2.65 bits per heavy atom. The molecule has 0 aliphatic carbocycles. The smallest absolute Gasteiger partial charge is 0.291 e. The van der Waals surface area contributed by atoms with Gasteiger partial charge in [-0.25, -0.2) is 4.39 Å². The molecule has 0 saturated carbocycles. The van der Waals surface area contributed by atoms with Gasteiger partial charge in [0.25, 0.3) is 5.91 Å². The minimum Gasteiger partial charge on any atom is -0.490 e. The number of hydrogen-bond acceptors (Lipinski definition) is 4. The van der Waals surface area contributed by atoms with Crippen molar-refractivity contribution in [1.82, 2.24) is 4.90 Å². The van der Waals surface area contributed by atoms with E-state index < -0.39 is 11.9 Å². The van der Waals surface area contributed by atoms with Gasteiger partial charge in [-0.15, -0.1) is 0 Å². The Balaban J connectivity index is 1.69. The SMILES string of the molecule is C=CCOc1cccc(C2c3c(oc4ccc(Cl)cc4c3=O)C(=O)N2Cc2ccc(F)cc2)c1. The highest BCUT2D eigenvalue weighted by atomic mass is 35.5. The van der Waals surface area contributed by atoms with Crippen LogP contribution < -0.4 is 10.2 Å². The van der Waals surface area contributed by atoms with E-state index in [0.29, 0.717) is 33.9 Å². The highest BCUT2D eigenvalue weighted by Gasteiger charge is 2.42. The second-order valence-electron chi connectivity index (χ2n) is 7.95. The van der Waals surface area contributed by atoms with Crippen LogP contribution in [-0.4, -0.2) is 17.4 Å². The second kappa shape index (κ2) is 8.80. The number of ether oxygens (including phenoxy) is 1. The summed E-state index contributed by atoms with van der Waals surface area (Å²) in [6.45, 7) is 4.13. The van der Waals surface area contributed by atoms with E-state index in [4.69, 9.17) is 20.8 Å². The molecule has 2 heterocycles. The van der Waals surface area contributed by atoms with E-state index in [1.807, 2.05) is 6.07 Å². The molecule has 0 saturated heterocycles. The first-order chi connectivity index (χ1) is 16.5. The molecule has 5 rings (SSSR count). The van der Waals surface area contributed by atoms with Gasteiger partial charge in [0.1, 0.15) is 23.8 Å². The quantitative estimate of drug-likeness (QED) is 0.326. The van der Waals surface area contributed by atoms with Crippen molar-refractivity contribution in [3.63, 3.8) is 0 Å². The summed E-state index contributed by atoms with van der Waals surface area (Å²) in [5.74, 6) is -0.225. The van der Waals surface area contributed by atoms with Gasteiger partial charge in [0.15, 0.2) is 5.43 Å². The summed E-state index contributed by atoms with van der Waals surface area (Å²) in [6, 6.07) is 17.1. The molecule has 1 amide bonds. The summed E-state index contributed by atoms with van der Waals surface area (Å²) in [7, 11) is 0. The minimum atomic E-state index is -0.723. The first kappa shape index (κ1) is 21.9. The van der Waals surface area contributed by atoms with Gasteiger partial charge in [-0.05, 0) is 53.6 Å². The Labute approximate surface area is 199 Å². The first-order valence-corrected chi connectivity index (χ1v) is 11.0. The topological polar surface area (TPSA) is 59.8 Å². The van der Waals surface area contributed by atoms with E-state index in [1.54, 1.807) is 53.4 Å². The molecule has 1 unspecified atom stereocenters. The van der Waals surface area contributed by atoms with Crippen LogP contribution in [0.1, 0.15) is 33.3 Å². The summed E-state index contributed by atoms with van der Waals surface area (Å²) < 4.78 is 25.1. The predicted octanol–water partition coefficient (Wildman–Crippen LogP) is 5.90. The molecule has 0 fully saturated rings. The maximum Gasteiger partial charge on any atom is 0.291 e. The Morgan fingerprint density at radius 2 is 1.88 bits per heavy atom. The fourth-order valence-corrected chi connectivity index (χ4v) is 4.39. The zero-order valence-electron chi connectivity index (χ0n) is 18.0. The van der Waals surface area contributed by atoms with Gasteiger partial charge in [0.05, 0.1) is 17.0 Å². The first-order valence-electron chi connectivity index (χ1n) is 10.6. The third-order valence-electron chi connectivity index (χ3n) is 5.74. The van der Waals surface area contributed by atoms with Crippen LogP contribution in [0.3, 0.4) is 0 Å². The monoisotopic (exact) mass is 475 g/mol.